The van der Waals surface area contributed by atoms with Crippen LogP contribution in [0.15, 0.2) is 35.7 Å². The molecule has 1 amide bonds. The van der Waals surface area contributed by atoms with Gasteiger partial charge < -0.3 is 9.80 Å². The Kier molecular flexibility index (Phi) is 6.80. The van der Waals surface area contributed by atoms with Crippen molar-refractivity contribution in [1.82, 2.24) is 14.8 Å². The summed E-state index contributed by atoms with van der Waals surface area (Å²) in [4.78, 5) is 21.5. The topological polar surface area (TPSA) is 36.4 Å². The minimum atomic E-state index is 0.187. The van der Waals surface area contributed by atoms with Crippen LogP contribution in [0.5, 0.6) is 0 Å². The number of likely N-dealkylation sites (N-methyl/N-ethyl adjacent to an activating group) is 1. The van der Waals surface area contributed by atoms with Crippen LogP contribution >= 0.6 is 11.3 Å². The Morgan fingerprint density at radius 2 is 2.15 bits per heavy atom. The third-order valence-corrected chi connectivity index (χ3v) is 6.03. The van der Waals surface area contributed by atoms with Crippen molar-refractivity contribution in [1.29, 1.82) is 0 Å². The molecule has 0 bridgehead atoms. The molecule has 3 rings (SSSR count). The maximum atomic E-state index is 12.6. The number of nitrogens with zero attached hydrogens (tertiary/aromatic N) is 3. The molecular weight excluding hydrogens is 342 g/mol. The minimum Gasteiger partial charge on any atom is -0.341 e. The molecule has 0 saturated carbocycles. The number of hydrogen-bond donors (Lipinski definition) is 0. The molecule has 0 N–H and O–H groups in total. The van der Waals surface area contributed by atoms with E-state index in [0.29, 0.717) is 12.5 Å². The number of aromatic nitrogens is 1. The highest BCUT2D eigenvalue weighted by atomic mass is 32.1. The molecule has 1 aromatic carbocycles. The van der Waals surface area contributed by atoms with E-state index in [1.165, 1.54) is 18.4 Å². The van der Waals surface area contributed by atoms with Gasteiger partial charge in [0.2, 0.25) is 5.91 Å². The molecule has 1 fully saturated rings. The molecule has 1 aromatic heterocycles. The van der Waals surface area contributed by atoms with E-state index in [4.69, 9.17) is 0 Å². The normalized spacial score (nSPS) is 18.0. The summed E-state index contributed by atoms with van der Waals surface area (Å²) in [7, 11) is 1.96. The number of amides is 1. The van der Waals surface area contributed by atoms with Gasteiger partial charge in [-0.1, -0.05) is 30.3 Å². The molecule has 2 heterocycles. The molecule has 5 heteroatoms. The molecule has 1 aliphatic rings. The molecule has 0 spiro atoms. The van der Waals surface area contributed by atoms with Crippen molar-refractivity contribution >= 4 is 17.2 Å². The molecule has 26 heavy (non-hydrogen) atoms. The fourth-order valence-electron chi connectivity index (χ4n) is 3.67. The number of carbonyl (C=O) groups excluding carboxylic acids is 1. The summed E-state index contributed by atoms with van der Waals surface area (Å²) in [5.74, 6) is 0.187. The Morgan fingerprint density at radius 1 is 1.35 bits per heavy atom. The van der Waals surface area contributed by atoms with Crippen molar-refractivity contribution in [2.24, 2.45) is 0 Å². The third kappa shape index (κ3) is 5.39. The first-order valence-corrected chi connectivity index (χ1v) is 10.4. The molecule has 2 aromatic rings. The van der Waals surface area contributed by atoms with Crippen molar-refractivity contribution in [3.63, 3.8) is 0 Å². The lowest BCUT2D eigenvalue weighted by Gasteiger charge is -2.37. The maximum absolute atomic E-state index is 12.6. The van der Waals surface area contributed by atoms with Crippen molar-refractivity contribution in [3.8, 4) is 0 Å². The summed E-state index contributed by atoms with van der Waals surface area (Å²) in [6.45, 7) is 5.24. The summed E-state index contributed by atoms with van der Waals surface area (Å²) in [6.07, 6.45) is 4.99. The fourth-order valence-corrected chi connectivity index (χ4v) is 4.29. The molecular formula is C21H29N3OS. The monoisotopic (exact) mass is 371 g/mol. The number of rotatable bonds is 7. The van der Waals surface area contributed by atoms with Crippen LogP contribution in [0, 0.1) is 6.92 Å². The standard InChI is InChI=1S/C21H29N3OS/c1-17-22-19(16-26-17)14-21(25)23(2)20-11-7-13-24(15-20)12-6-10-18-8-4-3-5-9-18/h3-5,8-9,16,20H,6-7,10-15H2,1-2H3/t20-/m1/s1. The van der Waals surface area contributed by atoms with Crippen LogP contribution in [0.3, 0.4) is 0 Å². The van der Waals surface area contributed by atoms with Gasteiger partial charge in [-0.3, -0.25) is 4.79 Å². The number of likely N-dealkylation sites (tertiary alicyclic amines) is 1. The van der Waals surface area contributed by atoms with Gasteiger partial charge in [0.25, 0.3) is 0 Å². The number of aryl methyl sites for hydroxylation is 2. The summed E-state index contributed by atoms with van der Waals surface area (Å²) in [6, 6.07) is 11.0. The van der Waals surface area contributed by atoms with Crippen molar-refractivity contribution in [3.05, 3.63) is 52.0 Å². The highest BCUT2D eigenvalue weighted by Crippen LogP contribution is 2.17. The molecule has 1 atom stereocenters. The SMILES string of the molecule is Cc1nc(CC(=O)N(C)[C@@H]2CCCN(CCCc3ccccc3)C2)cs1. The Morgan fingerprint density at radius 3 is 2.88 bits per heavy atom. The Labute approximate surface area is 160 Å². The maximum Gasteiger partial charge on any atom is 0.228 e. The number of hydrogen-bond acceptors (Lipinski definition) is 4. The summed E-state index contributed by atoms with van der Waals surface area (Å²) in [5, 5.41) is 3.02. The van der Waals surface area contributed by atoms with Gasteiger partial charge in [0.1, 0.15) is 0 Å². The van der Waals surface area contributed by atoms with Gasteiger partial charge in [0.05, 0.1) is 17.1 Å². The predicted molar refractivity (Wildman–Crippen MR) is 108 cm³/mol. The van der Waals surface area contributed by atoms with Crippen molar-refractivity contribution < 1.29 is 4.79 Å². The van der Waals surface area contributed by atoms with Gasteiger partial charge in [0.15, 0.2) is 0 Å². The molecule has 0 radical (unpaired) electrons. The quantitative estimate of drug-likeness (QED) is 0.747. The van der Waals surface area contributed by atoms with Crippen LogP contribution in [0.2, 0.25) is 0 Å². The third-order valence-electron chi connectivity index (χ3n) is 5.20. The van der Waals surface area contributed by atoms with Gasteiger partial charge in [-0.2, -0.15) is 0 Å². The molecule has 0 aliphatic carbocycles. The van der Waals surface area contributed by atoms with Gasteiger partial charge in [0, 0.05) is 25.0 Å². The van der Waals surface area contributed by atoms with E-state index in [1.807, 2.05) is 24.3 Å². The van der Waals surface area contributed by atoms with Crippen LogP contribution in [-0.4, -0.2) is 53.4 Å². The van der Waals surface area contributed by atoms with E-state index in [9.17, 15) is 4.79 Å². The zero-order chi connectivity index (χ0) is 18.4. The number of thiazole rings is 1. The first-order chi connectivity index (χ1) is 12.6. The van der Waals surface area contributed by atoms with Crippen molar-refractivity contribution in [2.45, 2.75) is 45.1 Å². The van der Waals surface area contributed by atoms with Gasteiger partial charge >= 0.3 is 0 Å². The lowest BCUT2D eigenvalue weighted by atomic mass is 10.0. The van der Waals surface area contributed by atoms with E-state index < -0.39 is 0 Å². The molecule has 1 aliphatic heterocycles. The van der Waals surface area contributed by atoms with E-state index in [-0.39, 0.29) is 5.91 Å². The predicted octanol–water partition coefficient (Wildman–Crippen LogP) is 3.55. The number of piperidine rings is 1. The molecule has 140 valence electrons. The largest absolute Gasteiger partial charge is 0.341 e. The summed E-state index contributed by atoms with van der Waals surface area (Å²) < 4.78 is 0. The van der Waals surface area contributed by atoms with Crippen LogP contribution < -0.4 is 0 Å². The van der Waals surface area contributed by atoms with Gasteiger partial charge in [-0.05, 0) is 51.3 Å². The zero-order valence-corrected chi connectivity index (χ0v) is 16.7. The van der Waals surface area contributed by atoms with Crippen LogP contribution in [0.4, 0.5) is 0 Å². The van der Waals surface area contributed by atoms with E-state index in [1.54, 1.807) is 11.3 Å². The summed E-state index contributed by atoms with van der Waals surface area (Å²) in [5.41, 5.74) is 2.31. The lowest BCUT2D eigenvalue weighted by Crippen LogP contribution is -2.49. The first-order valence-electron chi connectivity index (χ1n) is 9.55. The van der Waals surface area contributed by atoms with E-state index in [2.05, 4.69) is 40.2 Å². The van der Waals surface area contributed by atoms with Crippen LogP contribution in [0.25, 0.3) is 0 Å². The number of benzene rings is 1. The van der Waals surface area contributed by atoms with E-state index in [0.717, 1.165) is 43.2 Å². The first kappa shape index (κ1) is 19.1. The Bertz CT molecular complexity index is 700. The average Bonchev–Trinajstić information content (AvgIpc) is 3.07. The Balaban J connectivity index is 1.45. The second kappa shape index (κ2) is 9.28. The van der Waals surface area contributed by atoms with E-state index >= 15 is 0 Å². The van der Waals surface area contributed by atoms with Crippen LogP contribution in [-0.2, 0) is 17.6 Å². The minimum absolute atomic E-state index is 0.187. The second-order valence-electron chi connectivity index (χ2n) is 7.23. The fraction of sp³-hybridized carbons (Fsp3) is 0.524. The van der Waals surface area contributed by atoms with Gasteiger partial charge in [-0.15, -0.1) is 11.3 Å². The van der Waals surface area contributed by atoms with Gasteiger partial charge in [-0.25, -0.2) is 4.98 Å². The zero-order valence-electron chi connectivity index (χ0n) is 15.9. The molecule has 1 saturated heterocycles. The number of carbonyl (C=O) groups is 1. The smallest absolute Gasteiger partial charge is 0.228 e. The van der Waals surface area contributed by atoms with Crippen molar-refractivity contribution in [2.75, 3.05) is 26.7 Å². The average molecular weight is 372 g/mol. The molecule has 0 unspecified atom stereocenters. The molecule has 4 nitrogen and oxygen atoms in total. The van der Waals surface area contributed by atoms with Crippen LogP contribution in [0.1, 0.15) is 35.5 Å². The summed E-state index contributed by atoms with van der Waals surface area (Å²) >= 11 is 1.61. The lowest BCUT2D eigenvalue weighted by molar-refractivity contribution is -0.132. The Hall–Kier alpha value is -1.72. The second-order valence-corrected chi connectivity index (χ2v) is 8.29. The highest BCUT2D eigenvalue weighted by Gasteiger charge is 2.26. The highest BCUT2D eigenvalue weighted by molar-refractivity contribution is 7.09.